The highest BCUT2D eigenvalue weighted by molar-refractivity contribution is 6.07. The second-order valence-corrected chi connectivity index (χ2v) is 11.3. The molecule has 0 fully saturated rings. The van der Waals surface area contributed by atoms with Crippen molar-refractivity contribution >= 4 is 11.1 Å². The lowest BCUT2D eigenvalue weighted by Crippen LogP contribution is -2.05. The third-order valence-electron chi connectivity index (χ3n) is 8.30. The number of alkyl halides is 3. The lowest BCUT2D eigenvalue weighted by Gasteiger charge is -2.11. The molecule has 7 rings (SSSR count). The van der Waals surface area contributed by atoms with Crippen LogP contribution in [0.25, 0.3) is 65.6 Å². The number of rotatable bonds is 2. The Bertz CT molecular complexity index is 2520. The molecule has 0 N–H and O–H groups in total. The van der Waals surface area contributed by atoms with Crippen LogP contribution in [0.1, 0.15) is 33.6 Å². The normalized spacial score (nSPS) is 14.3. The summed E-state index contributed by atoms with van der Waals surface area (Å²) >= 11 is 0. The molecule has 0 amide bonds. The molecule has 0 atom stereocenters. The third kappa shape index (κ3) is 4.90. The Kier molecular flexibility index (Phi) is 6.95. The van der Waals surface area contributed by atoms with E-state index >= 15 is 0 Å². The summed E-state index contributed by atoms with van der Waals surface area (Å²) in [6.07, 6.45) is -4.80. The van der Waals surface area contributed by atoms with Crippen molar-refractivity contribution in [1.82, 2.24) is 9.97 Å². The van der Waals surface area contributed by atoms with E-state index in [1.807, 2.05) is 12.1 Å². The van der Waals surface area contributed by atoms with E-state index < -0.39 is 23.4 Å². The molecule has 0 unspecified atom stereocenters. The standard InChI is InChI=1S/C38H15F5N6/c1-18-8-21(11-24(39)9-18)19-4-6-26-28(13-19)32(30(16-44)46-2)36-34(26)48-35-27-7-5-20(22-10-23(38(41,42)43)15-25(40)12-22)14-29(27)33(37(35)49-36)31(17-45)47-3/h4-15H,1H3/b32-30+,33-31-. The zero-order chi connectivity index (χ0) is 34.8. The Labute approximate surface area is 275 Å². The van der Waals surface area contributed by atoms with E-state index in [1.54, 1.807) is 37.3 Å². The van der Waals surface area contributed by atoms with Gasteiger partial charge in [-0.2, -0.15) is 13.2 Å². The van der Waals surface area contributed by atoms with Crippen molar-refractivity contribution in [2.24, 2.45) is 0 Å². The zero-order valence-corrected chi connectivity index (χ0v) is 25.0. The summed E-state index contributed by atoms with van der Waals surface area (Å²) in [6.45, 7) is 17.2. The molecule has 2 aliphatic rings. The maximum atomic E-state index is 14.3. The van der Waals surface area contributed by atoms with Gasteiger partial charge in [-0.25, -0.2) is 39.0 Å². The average Bonchev–Trinajstić information content (AvgIpc) is 3.55. The van der Waals surface area contributed by atoms with Gasteiger partial charge in [0.15, 0.2) is 0 Å². The first-order chi connectivity index (χ1) is 23.4. The van der Waals surface area contributed by atoms with E-state index in [1.165, 1.54) is 24.3 Å². The molecule has 0 radical (unpaired) electrons. The monoisotopic (exact) mass is 650 g/mol. The van der Waals surface area contributed by atoms with E-state index in [0.717, 1.165) is 12.1 Å². The molecule has 0 spiro atoms. The fourth-order valence-corrected chi connectivity index (χ4v) is 6.27. The van der Waals surface area contributed by atoms with Crippen molar-refractivity contribution in [3.8, 4) is 56.9 Å². The molecule has 11 heteroatoms. The summed E-state index contributed by atoms with van der Waals surface area (Å²) < 4.78 is 69.2. The minimum atomic E-state index is -4.80. The third-order valence-corrected chi connectivity index (χ3v) is 8.30. The molecule has 0 saturated carbocycles. The minimum absolute atomic E-state index is 0.0552. The molecule has 1 heterocycles. The molecule has 232 valence electrons. The van der Waals surface area contributed by atoms with Crippen LogP contribution < -0.4 is 0 Å². The summed E-state index contributed by atoms with van der Waals surface area (Å²) in [7, 11) is 0. The number of allylic oxidation sites excluding steroid dienone is 2. The molecule has 49 heavy (non-hydrogen) atoms. The number of halogens is 5. The Hall–Kier alpha value is -6.95. The van der Waals surface area contributed by atoms with Crippen LogP contribution in [0.2, 0.25) is 0 Å². The summed E-state index contributed by atoms with van der Waals surface area (Å²) in [4.78, 5) is 16.5. The van der Waals surface area contributed by atoms with Crippen molar-refractivity contribution in [2.75, 3.05) is 0 Å². The van der Waals surface area contributed by atoms with E-state index in [0.29, 0.717) is 45.1 Å². The molecular formula is C38H15F5N6. The second-order valence-electron chi connectivity index (χ2n) is 11.3. The first kappa shape index (κ1) is 30.7. The topological polar surface area (TPSA) is 82.1 Å². The number of nitriles is 2. The fourth-order valence-electron chi connectivity index (χ4n) is 6.27. The van der Waals surface area contributed by atoms with Gasteiger partial charge in [-0.1, -0.05) is 30.3 Å². The number of benzene rings is 4. The van der Waals surface area contributed by atoms with Gasteiger partial charge in [-0.15, -0.1) is 0 Å². The van der Waals surface area contributed by atoms with Crippen LogP contribution in [-0.2, 0) is 6.18 Å². The number of nitrogens with zero attached hydrogens (tertiary/aromatic N) is 6. The smallest absolute Gasteiger partial charge is 0.246 e. The number of aromatic nitrogens is 2. The lowest BCUT2D eigenvalue weighted by molar-refractivity contribution is -0.137. The maximum Gasteiger partial charge on any atom is 0.416 e. The van der Waals surface area contributed by atoms with E-state index in [2.05, 4.69) is 9.69 Å². The van der Waals surface area contributed by atoms with Crippen LogP contribution >= 0.6 is 0 Å². The van der Waals surface area contributed by atoms with Crippen LogP contribution in [0.15, 0.2) is 84.2 Å². The van der Waals surface area contributed by atoms with Crippen LogP contribution in [0.3, 0.4) is 0 Å². The highest BCUT2D eigenvalue weighted by atomic mass is 19.4. The lowest BCUT2D eigenvalue weighted by atomic mass is 9.96. The van der Waals surface area contributed by atoms with Crippen molar-refractivity contribution in [1.29, 1.82) is 10.5 Å². The van der Waals surface area contributed by atoms with Gasteiger partial charge in [-0.3, -0.25) is 0 Å². The highest BCUT2D eigenvalue weighted by Crippen LogP contribution is 2.51. The van der Waals surface area contributed by atoms with Crippen molar-refractivity contribution in [3.63, 3.8) is 0 Å². The van der Waals surface area contributed by atoms with Crippen LogP contribution in [-0.4, -0.2) is 9.97 Å². The Morgan fingerprint density at radius 3 is 1.53 bits per heavy atom. The number of aryl methyl sites for hydroxylation is 1. The SMILES string of the molecule is [C-]#[N+]/C(C#N)=C1/c2cc(-c3cc(F)cc(C(F)(F)F)c3)ccc2-c2nc3c(nc21)/C(=C(\C#N)[N+]#[C-])c1cc(-c2cc(C)cc(F)c2)ccc1-3. The van der Waals surface area contributed by atoms with E-state index in [4.69, 9.17) is 23.1 Å². The number of hydrogen-bond donors (Lipinski definition) is 0. The van der Waals surface area contributed by atoms with Gasteiger partial charge in [0.25, 0.3) is 11.4 Å². The quantitative estimate of drug-likeness (QED) is 0.106. The molecule has 5 aromatic rings. The van der Waals surface area contributed by atoms with Gasteiger partial charge < -0.3 is 0 Å². The molecule has 4 aromatic carbocycles. The summed E-state index contributed by atoms with van der Waals surface area (Å²) in [5.74, 6) is -1.52. The average molecular weight is 651 g/mol. The fraction of sp³-hybridized carbons (Fsp3) is 0.0526. The Balaban J connectivity index is 1.47. The minimum Gasteiger partial charge on any atom is -0.246 e. The van der Waals surface area contributed by atoms with Crippen molar-refractivity contribution in [2.45, 2.75) is 13.1 Å². The second kappa shape index (κ2) is 11.1. The number of hydrogen-bond acceptors (Lipinski definition) is 4. The molecule has 6 nitrogen and oxygen atoms in total. The molecule has 2 aliphatic carbocycles. The summed E-state index contributed by atoms with van der Waals surface area (Å²) in [5.41, 5.74) is 2.91. The molecule has 0 bridgehead atoms. The molecule has 0 aliphatic heterocycles. The molecule has 0 saturated heterocycles. The van der Waals surface area contributed by atoms with Crippen molar-refractivity contribution in [3.05, 3.63) is 152 Å². The molecular weight excluding hydrogens is 635 g/mol. The summed E-state index contributed by atoms with van der Waals surface area (Å²) in [5, 5.41) is 19.9. The van der Waals surface area contributed by atoms with E-state index in [-0.39, 0.29) is 56.3 Å². The number of fused-ring (bicyclic) bond motifs is 6. The van der Waals surface area contributed by atoms with Gasteiger partial charge >= 0.3 is 6.18 Å². The van der Waals surface area contributed by atoms with Crippen molar-refractivity contribution < 1.29 is 22.0 Å². The zero-order valence-electron chi connectivity index (χ0n) is 25.0. The Morgan fingerprint density at radius 1 is 0.612 bits per heavy atom. The van der Waals surface area contributed by atoms with Gasteiger partial charge in [0.05, 0.1) is 53.6 Å². The van der Waals surface area contributed by atoms with E-state index in [9.17, 15) is 32.5 Å². The molecule has 1 aromatic heterocycles. The first-order valence-corrected chi connectivity index (χ1v) is 14.4. The van der Waals surface area contributed by atoms with Gasteiger partial charge in [0.2, 0.25) is 0 Å². The van der Waals surface area contributed by atoms with Gasteiger partial charge in [-0.05, 0) is 88.3 Å². The predicted octanol–water partition coefficient (Wildman–Crippen LogP) is 9.78. The predicted molar refractivity (Wildman–Crippen MR) is 170 cm³/mol. The van der Waals surface area contributed by atoms with Crippen LogP contribution in [0, 0.1) is 54.4 Å². The summed E-state index contributed by atoms with van der Waals surface area (Å²) in [6, 6.07) is 20.2. The van der Waals surface area contributed by atoms with Gasteiger partial charge in [0, 0.05) is 22.3 Å². The van der Waals surface area contributed by atoms with Crippen LogP contribution in [0.5, 0.6) is 0 Å². The maximum absolute atomic E-state index is 14.3. The Morgan fingerprint density at radius 2 is 1.08 bits per heavy atom. The first-order valence-electron chi connectivity index (χ1n) is 14.4. The van der Waals surface area contributed by atoms with Gasteiger partial charge in [0.1, 0.15) is 11.6 Å². The highest BCUT2D eigenvalue weighted by Gasteiger charge is 2.37. The van der Waals surface area contributed by atoms with Crippen LogP contribution in [0.4, 0.5) is 22.0 Å². The largest absolute Gasteiger partial charge is 0.416 e.